The molecular formula is C11H13FN6O. The predicted molar refractivity (Wildman–Crippen MR) is 65.6 cm³/mol. The summed E-state index contributed by atoms with van der Waals surface area (Å²) in [6, 6.07) is 1.29. The van der Waals surface area contributed by atoms with Crippen LogP contribution < -0.4 is 11.1 Å². The third-order valence-corrected chi connectivity index (χ3v) is 2.48. The average Bonchev–Trinajstić information content (AvgIpc) is 2.91. The van der Waals surface area contributed by atoms with E-state index in [0.29, 0.717) is 19.5 Å². The Kier molecular flexibility index (Phi) is 4.01. The Hall–Kier alpha value is -2.51. The maximum Gasteiger partial charge on any atom is 0.254 e. The van der Waals surface area contributed by atoms with Crippen molar-refractivity contribution in [2.45, 2.75) is 13.0 Å². The van der Waals surface area contributed by atoms with Crippen molar-refractivity contribution in [3.05, 3.63) is 36.0 Å². The number of anilines is 1. The molecule has 0 aliphatic heterocycles. The number of aromatic nitrogens is 4. The normalized spacial score (nSPS) is 10.4. The summed E-state index contributed by atoms with van der Waals surface area (Å²) in [5.41, 5.74) is 5.19. The molecule has 8 heteroatoms. The van der Waals surface area contributed by atoms with Crippen molar-refractivity contribution in [2.75, 3.05) is 12.3 Å². The summed E-state index contributed by atoms with van der Waals surface area (Å²) in [5.74, 6) is -1.59. The van der Waals surface area contributed by atoms with Crippen molar-refractivity contribution in [3.63, 3.8) is 0 Å². The Balaban J connectivity index is 1.83. The second-order valence-electron chi connectivity index (χ2n) is 3.83. The van der Waals surface area contributed by atoms with Gasteiger partial charge in [0, 0.05) is 25.5 Å². The summed E-state index contributed by atoms with van der Waals surface area (Å²) in [5, 5.41) is 10.1. The molecule has 7 nitrogen and oxygen atoms in total. The molecular weight excluding hydrogens is 251 g/mol. The van der Waals surface area contributed by atoms with E-state index < -0.39 is 11.7 Å². The number of rotatable bonds is 5. The predicted octanol–water partition coefficient (Wildman–Crippen LogP) is 0.214. The highest BCUT2D eigenvalue weighted by Gasteiger charge is 2.13. The summed E-state index contributed by atoms with van der Waals surface area (Å²) in [4.78, 5) is 15.3. The molecule has 2 aromatic heterocycles. The van der Waals surface area contributed by atoms with E-state index in [1.165, 1.54) is 12.3 Å². The van der Waals surface area contributed by atoms with Gasteiger partial charge in [0.2, 0.25) is 0 Å². The number of nitrogens with one attached hydrogen (secondary N) is 1. The lowest BCUT2D eigenvalue weighted by atomic mass is 10.2. The number of amides is 1. The summed E-state index contributed by atoms with van der Waals surface area (Å²) in [6.45, 7) is 1.03. The van der Waals surface area contributed by atoms with Gasteiger partial charge < -0.3 is 11.1 Å². The number of halogens is 1. The molecule has 0 radical (unpaired) electrons. The molecule has 0 spiro atoms. The molecule has 0 saturated carbocycles. The Bertz CT molecular complexity index is 556. The maximum absolute atomic E-state index is 13.5. The number of hydrogen-bond donors (Lipinski definition) is 2. The number of nitrogens with two attached hydrogens (primary N) is 1. The Morgan fingerprint density at radius 1 is 1.47 bits per heavy atom. The quantitative estimate of drug-likeness (QED) is 0.752. The van der Waals surface area contributed by atoms with Gasteiger partial charge in [-0.15, -0.1) is 5.10 Å². The van der Waals surface area contributed by atoms with Crippen molar-refractivity contribution >= 4 is 11.7 Å². The number of pyridine rings is 1. The minimum atomic E-state index is -0.795. The molecule has 0 unspecified atom stereocenters. The van der Waals surface area contributed by atoms with Crippen LogP contribution in [0.15, 0.2) is 24.7 Å². The van der Waals surface area contributed by atoms with E-state index in [-0.39, 0.29) is 11.4 Å². The van der Waals surface area contributed by atoms with Gasteiger partial charge in [-0.3, -0.25) is 9.48 Å². The van der Waals surface area contributed by atoms with Crippen LogP contribution in [-0.2, 0) is 6.54 Å². The molecule has 0 aliphatic carbocycles. The smallest absolute Gasteiger partial charge is 0.254 e. The number of nitrogen functional groups attached to an aromatic ring is 1. The summed E-state index contributed by atoms with van der Waals surface area (Å²) in [6.07, 6.45) is 5.26. The van der Waals surface area contributed by atoms with Crippen LogP contribution in [-0.4, -0.2) is 32.4 Å². The molecule has 0 saturated heterocycles. The van der Waals surface area contributed by atoms with Crippen molar-refractivity contribution < 1.29 is 9.18 Å². The average molecular weight is 264 g/mol. The zero-order valence-corrected chi connectivity index (χ0v) is 10.1. The van der Waals surface area contributed by atoms with Crippen LogP contribution in [0.25, 0.3) is 0 Å². The van der Waals surface area contributed by atoms with Gasteiger partial charge in [0.25, 0.3) is 5.91 Å². The first-order valence-electron chi connectivity index (χ1n) is 5.71. The van der Waals surface area contributed by atoms with Crippen LogP contribution in [0.3, 0.4) is 0 Å². The van der Waals surface area contributed by atoms with Gasteiger partial charge in [0.15, 0.2) is 11.6 Å². The molecule has 2 rings (SSSR count). The van der Waals surface area contributed by atoms with Gasteiger partial charge in [-0.25, -0.2) is 9.37 Å². The fourth-order valence-corrected chi connectivity index (χ4v) is 1.53. The first-order chi connectivity index (χ1) is 9.18. The van der Waals surface area contributed by atoms with Crippen LogP contribution in [0.4, 0.5) is 10.2 Å². The third kappa shape index (κ3) is 3.24. The van der Waals surface area contributed by atoms with Crippen LogP contribution in [0, 0.1) is 5.82 Å². The third-order valence-electron chi connectivity index (χ3n) is 2.48. The highest BCUT2D eigenvalue weighted by Crippen LogP contribution is 2.11. The summed E-state index contributed by atoms with van der Waals surface area (Å²) >= 11 is 0. The van der Waals surface area contributed by atoms with E-state index in [9.17, 15) is 9.18 Å². The van der Waals surface area contributed by atoms with Crippen molar-refractivity contribution in [2.24, 2.45) is 0 Å². The number of aryl methyl sites for hydroxylation is 1. The van der Waals surface area contributed by atoms with E-state index >= 15 is 0 Å². The standard InChI is InChI=1S/C11H13FN6O/c12-9-8(2-4-14-10(9)13)11(19)15-3-1-6-18-7-5-16-17-18/h2,4-5,7H,1,3,6H2,(H2,13,14)(H,15,19). The van der Waals surface area contributed by atoms with Crippen molar-refractivity contribution in [1.82, 2.24) is 25.3 Å². The van der Waals surface area contributed by atoms with Crippen LogP contribution >= 0.6 is 0 Å². The molecule has 3 N–H and O–H groups in total. The van der Waals surface area contributed by atoms with Crippen LogP contribution in [0.2, 0.25) is 0 Å². The van der Waals surface area contributed by atoms with Crippen molar-refractivity contribution in [3.8, 4) is 0 Å². The molecule has 2 heterocycles. The molecule has 1 amide bonds. The zero-order chi connectivity index (χ0) is 13.7. The SMILES string of the molecule is Nc1nccc(C(=O)NCCCn2ccnn2)c1F. The lowest BCUT2D eigenvalue weighted by Gasteiger charge is -2.06. The van der Waals surface area contributed by atoms with Gasteiger partial charge in [-0.1, -0.05) is 5.21 Å². The lowest BCUT2D eigenvalue weighted by molar-refractivity contribution is 0.0948. The van der Waals surface area contributed by atoms with E-state index in [1.54, 1.807) is 17.1 Å². The van der Waals surface area contributed by atoms with Gasteiger partial charge >= 0.3 is 0 Å². The molecule has 0 aromatic carbocycles. The highest BCUT2D eigenvalue weighted by atomic mass is 19.1. The second-order valence-corrected chi connectivity index (χ2v) is 3.83. The van der Waals surface area contributed by atoms with Gasteiger partial charge in [0.1, 0.15) is 0 Å². The largest absolute Gasteiger partial charge is 0.381 e. The molecule has 0 fully saturated rings. The van der Waals surface area contributed by atoms with E-state index in [0.717, 1.165) is 0 Å². The van der Waals surface area contributed by atoms with Gasteiger partial charge in [0.05, 0.1) is 11.8 Å². The highest BCUT2D eigenvalue weighted by molar-refractivity contribution is 5.95. The van der Waals surface area contributed by atoms with Crippen molar-refractivity contribution in [1.29, 1.82) is 0 Å². The summed E-state index contributed by atoms with van der Waals surface area (Å²) < 4.78 is 15.2. The lowest BCUT2D eigenvalue weighted by Crippen LogP contribution is -2.26. The second kappa shape index (κ2) is 5.89. The zero-order valence-electron chi connectivity index (χ0n) is 10.1. The van der Waals surface area contributed by atoms with Crippen LogP contribution in [0.1, 0.15) is 16.8 Å². The number of carbonyl (C=O) groups is 1. The minimum Gasteiger partial charge on any atom is -0.381 e. The Morgan fingerprint density at radius 3 is 3.05 bits per heavy atom. The fraction of sp³-hybridized carbons (Fsp3) is 0.273. The van der Waals surface area contributed by atoms with Gasteiger partial charge in [-0.05, 0) is 12.5 Å². The fourth-order valence-electron chi connectivity index (χ4n) is 1.53. The topological polar surface area (TPSA) is 98.7 Å². The Morgan fingerprint density at radius 2 is 2.32 bits per heavy atom. The van der Waals surface area contributed by atoms with E-state index in [4.69, 9.17) is 5.73 Å². The van der Waals surface area contributed by atoms with Gasteiger partial charge in [-0.2, -0.15) is 0 Å². The van der Waals surface area contributed by atoms with Crippen LogP contribution in [0.5, 0.6) is 0 Å². The number of hydrogen-bond acceptors (Lipinski definition) is 5. The summed E-state index contributed by atoms with van der Waals surface area (Å²) in [7, 11) is 0. The molecule has 2 aromatic rings. The number of carbonyl (C=O) groups excluding carboxylic acids is 1. The van der Waals surface area contributed by atoms with E-state index in [1.807, 2.05) is 0 Å². The monoisotopic (exact) mass is 264 g/mol. The Labute approximate surface area is 108 Å². The molecule has 100 valence electrons. The molecule has 19 heavy (non-hydrogen) atoms. The number of nitrogens with zero attached hydrogens (tertiary/aromatic N) is 4. The molecule has 0 aliphatic rings. The molecule has 0 bridgehead atoms. The van der Waals surface area contributed by atoms with E-state index in [2.05, 4.69) is 20.6 Å². The first kappa shape index (κ1) is 12.9. The first-order valence-corrected chi connectivity index (χ1v) is 5.71. The minimum absolute atomic E-state index is 0.103. The maximum atomic E-state index is 13.5. The molecule has 0 atom stereocenters.